The number of hydrogen-bond donors (Lipinski definition) is 1. The molecule has 0 radical (unpaired) electrons. The maximum absolute atomic E-state index is 12.6. The first-order chi connectivity index (χ1) is 15.6. The summed E-state index contributed by atoms with van der Waals surface area (Å²) in [7, 11) is -2.47. The number of hydrogen-bond acceptors (Lipinski definition) is 9. The fraction of sp³-hybridized carbons (Fsp3) is 0.200. The zero-order valence-electron chi connectivity index (χ0n) is 17.2. The highest BCUT2D eigenvalue weighted by molar-refractivity contribution is 7.86. The third-order valence-electron chi connectivity index (χ3n) is 4.46. The molecule has 0 atom stereocenters. The third kappa shape index (κ3) is 5.40. The van der Waals surface area contributed by atoms with E-state index in [1.165, 1.54) is 29.2 Å². The van der Waals surface area contributed by atoms with Crippen LogP contribution in [0.5, 0.6) is 11.5 Å². The minimum atomic E-state index is -4.73. The second kappa shape index (κ2) is 9.98. The molecule has 0 spiro atoms. The zero-order chi connectivity index (χ0) is 24.3. The van der Waals surface area contributed by atoms with Crippen molar-refractivity contribution in [2.75, 3.05) is 32.5 Å². The molecule has 2 aromatic rings. The van der Waals surface area contributed by atoms with Crippen LogP contribution in [0.15, 0.2) is 52.6 Å². The van der Waals surface area contributed by atoms with Gasteiger partial charge in [0, 0.05) is 11.1 Å². The molecule has 2 aromatic carbocycles. The number of ether oxygens (including phenoxy) is 4. The van der Waals surface area contributed by atoms with Crippen molar-refractivity contribution in [3.05, 3.63) is 57.7 Å². The molecule has 13 heteroatoms. The largest absolute Gasteiger partial charge is 0.466 e. The van der Waals surface area contributed by atoms with Gasteiger partial charge < -0.3 is 23.8 Å². The summed E-state index contributed by atoms with van der Waals surface area (Å²) in [6, 6.07) is 8.21. The first-order valence-electron chi connectivity index (χ1n) is 9.06. The summed E-state index contributed by atoms with van der Waals surface area (Å²) in [6.45, 7) is -0.485. The molecule has 0 saturated carbocycles. The Morgan fingerprint density at radius 2 is 1.70 bits per heavy atom. The number of benzene rings is 2. The van der Waals surface area contributed by atoms with Crippen LogP contribution >= 0.6 is 23.2 Å². The number of halogens is 2. The minimum Gasteiger partial charge on any atom is -0.466 e. The molecule has 10 nitrogen and oxygen atoms in total. The van der Waals surface area contributed by atoms with Crippen LogP contribution in [0, 0.1) is 0 Å². The number of esters is 2. The zero-order valence-corrected chi connectivity index (χ0v) is 19.5. The van der Waals surface area contributed by atoms with E-state index in [1.54, 1.807) is 0 Å². The molecule has 0 amide bonds. The van der Waals surface area contributed by atoms with E-state index >= 15 is 0 Å². The molecular formula is C20H17Cl2NO9S. The van der Waals surface area contributed by atoms with E-state index in [9.17, 15) is 22.6 Å². The Bertz CT molecular complexity index is 1230. The van der Waals surface area contributed by atoms with E-state index in [0.29, 0.717) is 5.02 Å². The summed E-state index contributed by atoms with van der Waals surface area (Å²) in [6.07, 6.45) is 0. The lowest BCUT2D eigenvalue weighted by Gasteiger charge is -2.32. The van der Waals surface area contributed by atoms with E-state index < -0.39 is 27.0 Å². The van der Waals surface area contributed by atoms with Crippen molar-refractivity contribution in [1.82, 2.24) is 0 Å². The van der Waals surface area contributed by atoms with Crippen molar-refractivity contribution in [3.8, 4) is 11.5 Å². The van der Waals surface area contributed by atoms with Gasteiger partial charge in [-0.15, -0.1) is 0 Å². The number of carbonyl (C=O) groups is 2. The summed E-state index contributed by atoms with van der Waals surface area (Å²) in [4.78, 5) is 25.4. The number of rotatable bonds is 6. The predicted octanol–water partition coefficient (Wildman–Crippen LogP) is 3.43. The number of methoxy groups -OCH3 is 2. The maximum atomic E-state index is 12.6. The molecular weight excluding hydrogens is 501 g/mol. The molecule has 176 valence electrons. The Morgan fingerprint density at radius 1 is 1.06 bits per heavy atom. The predicted molar refractivity (Wildman–Crippen MR) is 117 cm³/mol. The highest BCUT2D eigenvalue weighted by atomic mass is 35.5. The van der Waals surface area contributed by atoms with Gasteiger partial charge in [-0.2, -0.15) is 8.42 Å². The Morgan fingerprint density at radius 3 is 2.27 bits per heavy atom. The standard InChI is InChI=1S/C20H17Cl2NO9S/c1-29-19(24)13-9-31-10-23(18(13)20(25)30-2)15-7-14(22)17(33(26,27)28)8-16(15)32-12-5-3-11(21)4-6-12/h3-8H,9-10H2,1-2H3,(H,26,27,28). The van der Waals surface area contributed by atoms with Crippen LogP contribution in [0.4, 0.5) is 5.69 Å². The topological polar surface area (TPSA) is 129 Å². The summed E-state index contributed by atoms with van der Waals surface area (Å²) in [5.74, 6) is -1.60. The molecule has 0 unspecified atom stereocenters. The van der Waals surface area contributed by atoms with Crippen molar-refractivity contribution in [2.24, 2.45) is 0 Å². The average molecular weight is 518 g/mol. The van der Waals surface area contributed by atoms with Gasteiger partial charge in [0.25, 0.3) is 10.1 Å². The Balaban J connectivity index is 2.25. The Hall–Kier alpha value is -2.83. The Kier molecular flexibility index (Phi) is 7.50. The monoisotopic (exact) mass is 517 g/mol. The molecule has 0 fully saturated rings. The molecule has 0 aliphatic carbocycles. The second-order valence-corrected chi connectivity index (χ2v) is 8.73. The summed E-state index contributed by atoms with van der Waals surface area (Å²) < 4.78 is 54.0. The lowest BCUT2D eigenvalue weighted by molar-refractivity contribution is -0.140. The smallest absolute Gasteiger partial charge is 0.355 e. The molecule has 1 heterocycles. The fourth-order valence-electron chi connectivity index (χ4n) is 2.98. The summed E-state index contributed by atoms with van der Waals surface area (Å²) >= 11 is 12.0. The highest BCUT2D eigenvalue weighted by Crippen LogP contribution is 2.41. The SMILES string of the molecule is COC(=O)C1=C(C(=O)OC)N(c2cc(Cl)c(S(=O)(=O)O)cc2Oc2ccc(Cl)cc2)COC1. The van der Waals surface area contributed by atoms with Crippen molar-refractivity contribution in [1.29, 1.82) is 0 Å². The van der Waals surface area contributed by atoms with E-state index in [4.69, 9.17) is 42.1 Å². The van der Waals surface area contributed by atoms with Crippen LogP contribution in [0.2, 0.25) is 10.0 Å². The van der Waals surface area contributed by atoms with Gasteiger partial charge in [0.15, 0.2) is 5.75 Å². The first kappa shape index (κ1) is 24.8. The van der Waals surface area contributed by atoms with Gasteiger partial charge >= 0.3 is 11.9 Å². The van der Waals surface area contributed by atoms with E-state index in [0.717, 1.165) is 26.4 Å². The van der Waals surface area contributed by atoms with Gasteiger partial charge in [0.1, 0.15) is 23.1 Å². The van der Waals surface area contributed by atoms with E-state index in [-0.39, 0.29) is 46.8 Å². The molecule has 1 aliphatic heterocycles. The van der Waals surface area contributed by atoms with E-state index in [2.05, 4.69) is 0 Å². The molecule has 3 rings (SSSR count). The Labute approximate surface area is 198 Å². The quantitative estimate of drug-likeness (QED) is 0.449. The molecule has 0 bridgehead atoms. The van der Waals surface area contributed by atoms with Gasteiger partial charge in [-0.05, 0) is 30.3 Å². The summed E-state index contributed by atoms with van der Waals surface area (Å²) in [5, 5.41) is 0.0609. The lowest BCUT2D eigenvalue weighted by Crippen LogP contribution is -2.39. The lowest BCUT2D eigenvalue weighted by atomic mass is 10.1. The van der Waals surface area contributed by atoms with Crippen LogP contribution < -0.4 is 9.64 Å². The van der Waals surface area contributed by atoms with Crippen LogP contribution in [0.1, 0.15) is 0 Å². The summed E-state index contributed by atoms with van der Waals surface area (Å²) in [5.41, 5.74) is -0.306. The molecule has 0 saturated heterocycles. The third-order valence-corrected chi connectivity index (χ3v) is 6.03. The number of anilines is 1. The van der Waals surface area contributed by atoms with Gasteiger partial charge in [-0.25, -0.2) is 9.59 Å². The average Bonchev–Trinajstić information content (AvgIpc) is 2.79. The second-order valence-electron chi connectivity index (χ2n) is 6.50. The van der Waals surface area contributed by atoms with Crippen molar-refractivity contribution in [3.63, 3.8) is 0 Å². The van der Waals surface area contributed by atoms with Gasteiger partial charge in [-0.3, -0.25) is 4.55 Å². The molecule has 1 N–H and O–H groups in total. The van der Waals surface area contributed by atoms with Crippen molar-refractivity contribution < 1.29 is 41.5 Å². The van der Waals surface area contributed by atoms with Gasteiger partial charge in [0.05, 0.1) is 37.1 Å². The number of nitrogens with zero attached hydrogens (tertiary/aromatic N) is 1. The van der Waals surface area contributed by atoms with Crippen LogP contribution in [-0.2, 0) is 33.9 Å². The minimum absolute atomic E-state index is 0.0452. The van der Waals surface area contributed by atoms with Crippen LogP contribution in [0.25, 0.3) is 0 Å². The molecule has 33 heavy (non-hydrogen) atoms. The van der Waals surface area contributed by atoms with Gasteiger partial charge in [0.2, 0.25) is 0 Å². The van der Waals surface area contributed by atoms with Crippen molar-refractivity contribution in [2.45, 2.75) is 4.90 Å². The first-order valence-corrected chi connectivity index (χ1v) is 11.3. The van der Waals surface area contributed by atoms with Gasteiger partial charge in [-0.1, -0.05) is 23.2 Å². The maximum Gasteiger partial charge on any atom is 0.355 e. The van der Waals surface area contributed by atoms with Crippen LogP contribution in [-0.4, -0.2) is 52.5 Å². The molecule has 0 aromatic heterocycles. The number of carbonyl (C=O) groups excluding carboxylic acids is 2. The van der Waals surface area contributed by atoms with Crippen LogP contribution in [0.3, 0.4) is 0 Å². The molecule has 1 aliphatic rings. The normalized spacial score (nSPS) is 14.2. The van der Waals surface area contributed by atoms with E-state index in [1.807, 2.05) is 0 Å². The fourth-order valence-corrected chi connectivity index (χ4v) is 4.12. The van der Waals surface area contributed by atoms with Crippen molar-refractivity contribution >= 4 is 50.9 Å². The highest BCUT2D eigenvalue weighted by Gasteiger charge is 2.35.